The van der Waals surface area contributed by atoms with Crippen molar-refractivity contribution in [1.82, 2.24) is 4.90 Å². The number of aliphatic hydroxyl groups excluding tert-OH is 8. The molecular weight excluding hydrogens is 342 g/mol. The molecule has 8 N–H and O–H groups in total. The minimum absolute atomic E-state index is 0.0419. The first-order chi connectivity index (χ1) is 11.8. The molecule has 0 aromatic rings. The minimum atomic E-state index is -1.61. The second-order valence-electron chi connectivity index (χ2n) is 6.78. The fourth-order valence-corrected chi connectivity index (χ4v) is 3.92. The van der Waals surface area contributed by atoms with Crippen LogP contribution < -0.4 is 0 Å². The van der Waals surface area contributed by atoms with Gasteiger partial charge in [-0.3, -0.25) is 4.90 Å². The molecule has 11 nitrogen and oxygen atoms in total. The number of aliphatic hydroxyl groups is 8. The van der Waals surface area contributed by atoms with Crippen molar-refractivity contribution in [1.29, 1.82) is 0 Å². The first kappa shape index (κ1) is 19.3. The van der Waals surface area contributed by atoms with Crippen molar-refractivity contribution in [3.63, 3.8) is 0 Å². The molecule has 3 fully saturated rings. The van der Waals surface area contributed by atoms with Gasteiger partial charge in [0.1, 0.15) is 30.5 Å². The predicted molar refractivity (Wildman–Crippen MR) is 78.0 cm³/mol. The lowest BCUT2D eigenvalue weighted by Crippen LogP contribution is -2.60. The predicted octanol–water partition coefficient (Wildman–Crippen LogP) is -5.69. The highest BCUT2D eigenvalue weighted by Gasteiger charge is 2.58. The van der Waals surface area contributed by atoms with E-state index in [1.807, 2.05) is 0 Å². The molecule has 0 aliphatic carbocycles. The summed E-state index contributed by atoms with van der Waals surface area (Å²) in [5.41, 5.74) is 0. The van der Waals surface area contributed by atoms with E-state index in [-0.39, 0.29) is 6.54 Å². The number of nitrogens with zero attached hydrogens (tertiary/aromatic N) is 1. The van der Waals surface area contributed by atoms with Crippen LogP contribution in [0.5, 0.6) is 0 Å². The van der Waals surface area contributed by atoms with E-state index in [2.05, 4.69) is 0 Å². The van der Waals surface area contributed by atoms with E-state index in [1.165, 1.54) is 4.90 Å². The van der Waals surface area contributed by atoms with Crippen molar-refractivity contribution < 1.29 is 50.3 Å². The standard InChI is InChI=1S/C14H25NO10/c16-2-4-8(18)11(21)7-9(19)5(1-15(4)7)24-14-13(23)12(22)10(20)6(3-17)25-14/h4-14,16-23H,1-3H2. The van der Waals surface area contributed by atoms with Gasteiger partial charge in [-0.05, 0) is 0 Å². The van der Waals surface area contributed by atoms with Gasteiger partial charge in [-0.2, -0.15) is 0 Å². The Kier molecular flexibility index (Phi) is 5.63. The number of hydrogen-bond donors (Lipinski definition) is 8. The van der Waals surface area contributed by atoms with Crippen molar-refractivity contribution >= 4 is 0 Å². The van der Waals surface area contributed by atoms with Crippen molar-refractivity contribution in [2.45, 2.75) is 67.2 Å². The summed E-state index contributed by atoms with van der Waals surface area (Å²) >= 11 is 0. The van der Waals surface area contributed by atoms with E-state index in [9.17, 15) is 40.9 Å². The molecule has 0 saturated carbocycles. The molecule has 0 bridgehead atoms. The van der Waals surface area contributed by atoms with Gasteiger partial charge in [0.15, 0.2) is 6.29 Å². The summed E-state index contributed by atoms with van der Waals surface area (Å²) in [7, 11) is 0. The summed E-state index contributed by atoms with van der Waals surface area (Å²) in [6, 6.07) is -1.62. The van der Waals surface area contributed by atoms with Gasteiger partial charge >= 0.3 is 0 Å². The van der Waals surface area contributed by atoms with Crippen LogP contribution >= 0.6 is 0 Å². The molecular formula is C14H25NO10. The topological polar surface area (TPSA) is 184 Å². The van der Waals surface area contributed by atoms with Gasteiger partial charge < -0.3 is 50.3 Å². The summed E-state index contributed by atoms with van der Waals surface area (Å²) in [6.45, 7) is -0.987. The van der Waals surface area contributed by atoms with Crippen LogP contribution in [0.4, 0.5) is 0 Å². The Morgan fingerprint density at radius 3 is 2.08 bits per heavy atom. The van der Waals surface area contributed by atoms with Gasteiger partial charge in [0.05, 0.1) is 43.6 Å². The van der Waals surface area contributed by atoms with Crippen LogP contribution in [0.1, 0.15) is 0 Å². The molecule has 3 aliphatic rings. The van der Waals surface area contributed by atoms with Crippen molar-refractivity contribution in [2.24, 2.45) is 0 Å². The van der Waals surface area contributed by atoms with Crippen LogP contribution in [-0.2, 0) is 9.47 Å². The maximum absolute atomic E-state index is 10.4. The molecule has 0 aromatic carbocycles. The van der Waals surface area contributed by atoms with Crippen LogP contribution in [0.25, 0.3) is 0 Å². The maximum Gasteiger partial charge on any atom is 0.187 e. The highest BCUT2D eigenvalue weighted by atomic mass is 16.7. The van der Waals surface area contributed by atoms with E-state index in [0.717, 1.165) is 0 Å². The normalized spacial score (nSPS) is 54.0. The first-order valence-corrected chi connectivity index (χ1v) is 8.18. The highest BCUT2D eigenvalue weighted by molar-refractivity contribution is 5.10. The third-order valence-electron chi connectivity index (χ3n) is 5.37. The number of rotatable bonds is 4. The third-order valence-corrected chi connectivity index (χ3v) is 5.37. The lowest BCUT2D eigenvalue weighted by atomic mass is 9.99. The molecule has 0 radical (unpaired) electrons. The zero-order valence-corrected chi connectivity index (χ0v) is 13.3. The largest absolute Gasteiger partial charge is 0.395 e. The first-order valence-electron chi connectivity index (χ1n) is 8.18. The van der Waals surface area contributed by atoms with E-state index < -0.39 is 80.4 Å². The molecule has 25 heavy (non-hydrogen) atoms. The van der Waals surface area contributed by atoms with Crippen LogP contribution in [0.2, 0.25) is 0 Å². The molecule has 3 heterocycles. The van der Waals surface area contributed by atoms with E-state index >= 15 is 0 Å². The van der Waals surface area contributed by atoms with Crippen molar-refractivity contribution in [3.05, 3.63) is 0 Å². The van der Waals surface area contributed by atoms with E-state index in [4.69, 9.17) is 9.47 Å². The van der Waals surface area contributed by atoms with Gasteiger partial charge in [-0.15, -0.1) is 0 Å². The van der Waals surface area contributed by atoms with Gasteiger partial charge in [-0.25, -0.2) is 0 Å². The molecule has 0 amide bonds. The third kappa shape index (κ3) is 3.09. The van der Waals surface area contributed by atoms with Crippen LogP contribution in [0.3, 0.4) is 0 Å². The molecule has 3 rings (SSSR count). The highest BCUT2D eigenvalue weighted by Crippen LogP contribution is 2.36. The van der Waals surface area contributed by atoms with Crippen molar-refractivity contribution in [2.75, 3.05) is 19.8 Å². The van der Waals surface area contributed by atoms with Crippen LogP contribution in [-0.4, -0.2) is 133 Å². The Hall–Kier alpha value is -0.440. The van der Waals surface area contributed by atoms with Gasteiger partial charge in [-0.1, -0.05) is 0 Å². The molecule has 0 aromatic heterocycles. The summed E-state index contributed by atoms with van der Waals surface area (Å²) < 4.78 is 10.8. The van der Waals surface area contributed by atoms with E-state index in [1.54, 1.807) is 0 Å². The smallest absolute Gasteiger partial charge is 0.187 e. The van der Waals surface area contributed by atoms with Gasteiger partial charge in [0.25, 0.3) is 0 Å². The molecule has 146 valence electrons. The molecule has 11 atom stereocenters. The van der Waals surface area contributed by atoms with Crippen LogP contribution in [0, 0.1) is 0 Å². The Bertz CT molecular complexity index is 467. The van der Waals surface area contributed by atoms with Gasteiger partial charge in [0.2, 0.25) is 0 Å². The molecule has 0 spiro atoms. The fourth-order valence-electron chi connectivity index (χ4n) is 3.92. The minimum Gasteiger partial charge on any atom is -0.395 e. The van der Waals surface area contributed by atoms with E-state index in [0.29, 0.717) is 0 Å². The Balaban J connectivity index is 1.70. The Morgan fingerprint density at radius 2 is 1.48 bits per heavy atom. The molecule has 11 heteroatoms. The summed E-state index contributed by atoms with van der Waals surface area (Å²) in [5, 5.41) is 78.5. The average molecular weight is 367 g/mol. The molecule has 3 saturated heterocycles. The summed E-state index contributed by atoms with van der Waals surface area (Å²) in [4.78, 5) is 1.52. The zero-order valence-electron chi connectivity index (χ0n) is 13.3. The average Bonchev–Trinajstić information content (AvgIpc) is 3.03. The number of ether oxygens (including phenoxy) is 2. The monoisotopic (exact) mass is 367 g/mol. The number of hydrogen-bond acceptors (Lipinski definition) is 11. The molecule has 11 unspecified atom stereocenters. The maximum atomic E-state index is 10.4. The summed E-state index contributed by atoms with van der Waals surface area (Å²) in [5.74, 6) is 0. The van der Waals surface area contributed by atoms with Crippen molar-refractivity contribution in [3.8, 4) is 0 Å². The summed E-state index contributed by atoms with van der Waals surface area (Å²) in [6.07, 6.45) is -12.0. The Morgan fingerprint density at radius 1 is 0.800 bits per heavy atom. The lowest BCUT2D eigenvalue weighted by molar-refractivity contribution is -0.314. The Labute approximate surface area is 143 Å². The number of fused-ring (bicyclic) bond motifs is 1. The molecule has 3 aliphatic heterocycles. The van der Waals surface area contributed by atoms with Gasteiger partial charge in [0, 0.05) is 6.54 Å². The SMILES string of the molecule is OCC1OC(OC2CN3C(CO)C(O)C(O)C3C2O)C(O)C(O)C1O. The lowest BCUT2D eigenvalue weighted by Gasteiger charge is -2.40. The van der Waals surface area contributed by atoms with Crippen LogP contribution in [0.15, 0.2) is 0 Å². The second kappa shape index (κ2) is 7.29. The second-order valence-corrected chi connectivity index (χ2v) is 6.78. The quantitative estimate of drug-likeness (QED) is 0.237. The fraction of sp³-hybridized carbons (Fsp3) is 1.00. The zero-order chi connectivity index (χ0) is 18.5.